The van der Waals surface area contributed by atoms with Crippen molar-refractivity contribution in [1.82, 2.24) is 0 Å². The molecule has 0 atom stereocenters. The highest BCUT2D eigenvalue weighted by atomic mass is 16.3. The van der Waals surface area contributed by atoms with Crippen LogP contribution in [0.2, 0.25) is 0 Å². The summed E-state index contributed by atoms with van der Waals surface area (Å²) in [5.41, 5.74) is 15.8. The predicted molar refractivity (Wildman–Crippen MR) is 230 cm³/mol. The van der Waals surface area contributed by atoms with Crippen LogP contribution in [0.5, 0.6) is 0 Å². The van der Waals surface area contributed by atoms with Gasteiger partial charge >= 0.3 is 0 Å². The molecule has 0 saturated heterocycles. The van der Waals surface area contributed by atoms with Gasteiger partial charge in [0.05, 0.1) is 0 Å². The second-order valence-electron chi connectivity index (χ2n) is 15.5. The first-order chi connectivity index (χ1) is 27.1. The molecule has 0 amide bonds. The average molecular weight is 703 g/mol. The number of hydrogen-bond acceptors (Lipinski definition) is 2. The summed E-state index contributed by atoms with van der Waals surface area (Å²) in [6.07, 6.45) is 0. The Morgan fingerprint density at radius 2 is 0.745 bits per heavy atom. The molecule has 0 radical (unpaired) electrons. The summed E-state index contributed by atoms with van der Waals surface area (Å²) >= 11 is 0. The highest BCUT2D eigenvalue weighted by molar-refractivity contribution is 6.22. The Bertz CT molecular complexity index is 3240. The van der Waals surface area contributed by atoms with Gasteiger partial charge in [-0.2, -0.15) is 0 Å². The molecule has 9 aromatic carbocycles. The Kier molecular flexibility index (Phi) is 6.15. The molecule has 0 fully saturated rings. The molecule has 0 N–H and O–H groups in total. The van der Waals surface area contributed by atoms with E-state index in [1.165, 1.54) is 54.9 Å². The van der Waals surface area contributed by atoms with Gasteiger partial charge in [-0.15, -0.1) is 0 Å². The van der Waals surface area contributed by atoms with Gasteiger partial charge in [0, 0.05) is 38.1 Å². The molecule has 0 spiro atoms. The minimum atomic E-state index is -0.189. The lowest BCUT2D eigenvalue weighted by molar-refractivity contribution is 0.662. The summed E-state index contributed by atoms with van der Waals surface area (Å²) in [4.78, 5) is 0. The molecule has 258 valence electrons. The van der Waals surface area contributed by atoms with E-state index in [4.69, 9.17) is 8.83 Å². The van der Waals surface area contributed by atoms with Crippen molar-refractivity contribution in [3.63, 3.8) is 0 Å². The third kappa shape index (κ3) is 4.14. The SMILES string of the molecule is CC1(C)c2ccccc2-c2cccc(-c3c4cccc(-c5cccc6c5oc5ccccc56)c4cc4c(-c5cccc6c5oc5ccccc56)cccc34)c21. The van der Waals surface area contributed by atoms with E-state index in [-0.39, 0.29) is 5.41 Å². The van der Waals surface area contributed by atoms with E-state index < -0.39 is 0 Å². The van der Waals surface area contributed by atoms with Crippen LogP contribution >= 0.6 is 0 Å². The van der Waals surface area contributed by atoms with Crippen LogP contribution < -0.4 is 0 Å². The van der Waals surface area contributed by atoms with Gasteiger partial charge in [-0.25, -0.2) is 0 Å². The van der Waals surface area contributed by atoms with Crippen LogP contribution in [0.25, 0.3) is 110 Å². The van der Waals surface area contributed by atoms with E-state index in [9.17, 15) is 0 Å². The zero-order valence-electron chi connectivity index (χ0n) is 30.5. The first-order valence-electron chi connectivity index (χ1n) is 19.1. The van der Waals surface area contributed by atoms with E-state index >= 15 is 0 Å². The third-order valence-electron chi connectivity index (χ3n) is 12.3. The van der Waals surface area contributed by atoms with E-state index in [0.717, 1.165) is 66.1 Å². The molecule has 0 saturated carbocycles. The van der Waals surface area contributed by atoms with Gasteiger partial charge in [-0.3, -0.25) is 0 Å². The predicted octanol–water partition coefficient (Wildman–Crippen LogP) is 15.1. The third-order valence-corrected chi connectivity index (χ3v) is 12.3. The zero-order valence-corrected chi connectivity index (χ0v) is 30.5. The molecular formula is C53H34O2. The van der Waals surface area contributed by atoms with Crippen LogP contribution in [0.4, 0.5) is 0 Å². The fraction of sp³-hybridized carbons (Fsp3) is 0.0566. The number of para-hydroxylation sites is 4. The second-order valence-corrected chi connectivity index (χ2v) is 15.5. The maximum Gasteiger partial charge on any atom is 0.143 e. The highest BCUT2D eigenvalue weighted by Gasteiger charge is 2.38. The van der Waals surface area contributed by atoms with E-state index in [0.29, 0.717) is 0 Å². The lowest BCUT2D eigenvalue weighted by Crippen LogP contribution is -2.16. The summed E-state index contributed by atoms with van der Waals surface area (Å²) in [7, 11) is 0. The summed E-state index contributed by atoms with van der Waals surface area (Å²) in [5.74, 6) is 0. The number of hydrogen-bond donors (Lipinski definition) is 0. The van der Waals surface area contributed by atoms with Gasteiger partial charge in [0.15, 0.2) is 0 Å². The largest absolute Gasteiger partial charge is 0.455 e. The Balaban J connectivity index is 1.24. The molecule has 0 aliphatic heterocycles. The first kappa shape index (κ1) is 30.6. The number of furan rings is 2. The van der Waals surface area contributed by atoms with Crippen molar-refractivity contribution in [2.45, 2.75) is 19.3 Å². The van der Waals surface area contributed by atoms with Gasteiger partial charge in [-0.05, 0) is 84.3 Å². The quantitative estimate of drug-likeness (QED) is 0.171. The minimum Gasteiger partial charge on any atom is -0.455 e. The molecule has 1 aliphatic carbocycles. The van der Waals surface area contributed by atoms with Crippen molar-refractivity contribution in [2.75, 3.05) is 0 Å². The van der Waals surface area contributed by atoms with Crippen molar-refractivity contribution in [2.24, 2.45) is 0 Å². The topological polar surface area (TPSA) is 26.3 Å². The molecule has 0 unspecified atom stereocenters. The Morgan fingerprint density at radius 3 is 1.35 bits per heavy atom. The van der Waals surface area contributed by atoms with Crippen LogP contribution in [0.3, 0.4) is 0 Å². The van der Waals surface area contributed by atoms with Crippen molar-refractivity contribution in [3.8, 4) is 44.5 Å². The lowest BCUT2D eigenvalue weighted by atomic mass is 9.77. The van der Waals surface area contributed by atoms with Gasteiger partial charge in [0.25, 0.3) is 0 Å². The molecule has 1 aliphatic rings. The van der Waals surface area contributed by atoms with Crippen molar-refractivity contribution >= 4 is 65.4 Å². The standard InChI is InChI=1S/C53H34O2/c1-53(2)46-27-6-3-14-33(46)38-21-11-26-43(50(38)53)49-36-19-9-17-31(39-22-12-24-41-34-15-4-7-28-47(34)54-51(39)41)44(36)30-45-32(18-10-20-37(45)49)40-23-13-25-42-35-16-5-8-29-48(35)55-52(40)42/h3-30H,1-2H3. The smallest absolute Gasteiger partial charge is 0.143 e. The van der Waals surface area contributed by atoms with Crippen LogP contribution in [0.15, 0.2) is 179 Å². The normalized spacial score (nSPS) is 13.4. The summed E-state index contributed by atoms with van der Waals surface area (Å²) in [5, 5.41) is 9.34. The highest BCUT2D eigenvalue weighted by Crippen LogP contribution is 2.55. The minimum absolute atomic E-state index is 0.189. The van der Waals surface area contributed by atoms with Crippen LogP contribution in [0.1, 0.15) is 25.0 Å². The molecule has 2 heterocycles. The number of benzene rings is 9. The maximum atomic E-state index is 6.67. The molecule has 2 nitrogen and oxygen atoms in total. The monoisotopic (exact) mass is 702 g/mol. The van der Waals surface area contributed by atoms with Crippen molar-refractivity contribution in [3.05, 3.63) is 181 Å². The average Bonchev–Trinajstić information content (AvgIpc) is 3.88. The van der Waals surface area contributed by atoms with E-state index in [1.54, 1.807) is 0 Å². The van der Waals surface area contributed by atoms with E-state index in [1.807, 2.05) is 12.1 Å². The maximum absolute atomic E-state index is 6.67. The number of fused-ring (bicyclic) bond motifs is 11. The first-order valence-corrected chi connectivity index (χ1v) is 19.1. The fourth-order valence-corrected chi connectivity index (χ4v) is 9.90. The van der Waals surface area contributed by atoms with Crippen LogP contribution in [0, 0.1) is 0 Å². The Hall–Kier alpha value is -6.90. The second kappa shape index (κ2) is 11.1. The molecule has 0 bridgehead atoms. The molecule has 55 heavy (non-hydrogen) atoms. The van der Waals surface area contributed by atoms with Gasteiger partial charge in [0.1, 0.15) is 22.3 Å². The van der Waals surface area contributed by atoms with Gasteiger partial charge in [0.2, 0.25) is 0 Å². The Labute approximate surface area is 317 Å². The van der Waals surface area contributed by atoms with E-state index in [2.05, 4.69) is 172 Å². The molecular weight excluding hydrogens is 669 g/mol. The summed E-state index contributed by atoms with van der Waals surface area (Å²) in [6.45, 7) is 4.77. The summed E-state index contributed by atoms with van der Waals surface area (Å²) < 4.78 is 13.3. The van der Waals surface area contributed by atoms with Crippen molar-refractivity contribution < 1.29 is 8.83 Å². The Morgan fingerprint density at radius 1 is 0.327 bits per heavy atom. The number of rotatable bonds is 3. The zero-order chi connectivity index (χ0) is 36.4. The van der Waals surface area contributed by atoms with Crippen LogP contribution in [-0.2, 0) is 5.41 Å². The summed E-state index contributed by atoms with van der Waals surface area (Å²) in [6, 6.07) is 61.6. The van der Waals surface area contributed by atoms with Gasteiger partial charge < -0.3 is 8.83 Å². The molecule has 11 aromatic rings. The fourth-order valence-electron chi connectivity index (χ4n) is 9.90. The van der Waals surface area contributed by atoms with Crippen LogP contribution in [-0.4, -0.2) is 0 Å². The molecule has 2 heteroatoms. The van der Waals surface area contributed by atoms with Gasteiger partial charge in [-0.1, -0.05) is 166 Å². The lowest BCUT2D eigenvalue weighted by Gasteiger charge is -2.26. The molecule has 2 aromatic heterocycles. The van der Waals surface area contributed by atoms with Crippen molar-refractivity contribution in [1.29, 1.82) is 0 Å². The molecule has 12 rings (SSSR count).